The van der Waals surface area contributed by atoms with Crippen molar-refractivity contribution >= 4 is 11.5 Å². The van der Waals surface area contributed by atoms with E-state index >= 15 is 0 Å². The molecule has 3 N–H and O–H groups in total. The predicted molar refractivity (Wildman–Crippen MR) is 73.0 cm³/mol. The van der Waals surface area contributed by atoms with Gasteiger partial charge in [0.15, 0.2) is 0 Å². The van der Waals surface area contributed by atoms with Gasteiger partial charge in [-0.2, -0.15) is 0 Å². The van der Waals surface area contributed by atoms with Crippen molar-refractivity contribution in [3.8, 4) is 0 Å². The van der Waals surface area contributed by atoms with Crippen molar-refractivity contribution in [3.05, 3.63) is 17.8 Å². The van der Waals surface area contributed by atoms with Crippen molar-refractivity contribution in [2.75, 3.05) is 17.6 Å². The summed E-state index contributed by atoms with van der Waals surface area (Å²) in [5, 5.41) is 3.41. The smallest absolute Gasteiger partial charge is 0.127 e. The monoisotopic (exact) mass is 233 g/mol. The van der Waals surface area contributed by atoms with Gasteiger partial charge in [-0.05, 0) is 37.2 Å². The number of aryl methyl sites for hydroxylation is 1. The van der Waals surface area contributed by atoms with E-state index in [2.05, 4.69) is 17.2 Å². The number of nitrogens with one attached hydrogen (secondary N) is 1. The molecule has 3 nitrogen and oxygen atoms in total. The molecule has 94 valence electrons. The van der Waals surface area contributed by atoms with E-state index in [0.29, 0.717) is 0 Å². The van der Waals surface area contributed by atoms with Crippen LogP contribution < -0.4 is 11.1 Å². The maximum absolute atomic E-state index is 5.87. The SMILES string of the molecule is Cc1cnc(NCC2CCC(C)CC2)cc1N. The second-order valence-electron chi connectivity index (χ2n) is 5.43. The molecule has 0 radical (unpaired) electrons. The third kappa shape index (κ3) is 3.35. The number of pyridine rings is 1. The number of anilines is 2. The lowest BCUT2D eigenvalue weighted by Crippen LogP contribution is -2.20. The largest absolute Gasteiger partial charge is 0.398 e. The number of hydrogen-bond donors (Lipinski definition) is 2. The van der Waals surface area contributed by atoms with Gasteiger partial charge in [-0.1, -0.05) is 19.8 Å². The summed E-state index contributed by atoms with van der Waals surface area (Å²) in [6.07, 6.45) is 7.26. The number of nitrogen functional groups attached to an aromatic ring is 1. The van der Waals surface area contributed by atoms with E-state index in [1.807, 2.05) is 19.2 Å². The number of rotatable bonds is 3. The first-order valence-corrected chi connectivity index (χ1v) is 6.61. The van der Waals surface area contributed by atoms with Gasteiger partial charge in [0.1, 0.15) is 5.82 Å². The van der Waals surface area contributed by atoms with E-state index in [-0.39, 0.29) is 0 Å². The summed E-state index contributed by atoms with van der Waals surface area (Å²) in [4.78, 5) is 4.35. The van der Waals surface area contributed by atoms with Gasteiger partial charge in [0.25, 0.3) is 0 Å². The van der Waals surface area contributed by atoms with Crippen molar-refractivity contribution in [3.63, 3.8) is 0 Å². The van der Waals surface area contributed by atoms with Gasteiger partial charge in [0.05, 0.1) is 0 Å². The lowest BCUT2D eigenvalue weighted by molar-refractivity contribution is 0.300. The summed E-state index contributed by atoms with van der Waals surface area (Å²) in [5.41, 5.74) is 7.73. The fourth-order valence-corrected chi connectivity index (χ4v) is 2.42. The van der Waals surface area contributed by atoms with Gasteiger partial charge in [-0.3, -0.25) is 0 Å². The van der Waals surface area contributed by atoms with Crippen LogP contribution in [0.2, 0.25) is 0 Å². The molecule has 1 heterocycles. The molecule has 0 bridgehead atoms. The zero-order chi connectivity index (χ0) is 12.3. The molecule has 1 aliphatic rings. The Bertz CT molecular complexity index is 368. The number of hydrogen-bond acceptors (Lipinski definition) is 3. The third-order valence-electron chi connectivity index (χ3n) is 3.85. The molecule has 1 aromatic rings. The lowest BCUT2D eigenvalue weighted by Gasteiger charge is -2.26. The molecule has 1 aliphatic carbocycles. The van der Waals surface area contributed by atoms with Crippen LogP contribution in [0.5, 0.6) is 0 Å². The third-order valence-corrected chi connectivity index (χ3v) is 3.85. The molecule has 1 saturated carbocycles. The standard InChI is InChI=1S/C14H23N3/c1-10-3-5-12(6-4-10)9-17-14-7-13(15)11(2)8-16-14/h7-8,10,12H,3-6,9H2,1-2H3,(H3,15,16,17). The second-order valence-corrected chi connectivity index (χ2v) is 5.43. The predicted octanol–water partition coefficient (Wildman–Crippen LogP) is 3.21. The molecular formula is C14H23N3. The van der Waals surface area contributed by atoms with E-state index in [1.54, 1.807) is 0 Å². The Kier molecular flexibility index (Phi) is 3.87. The van der Waals surface area contributed by atoms with Crippen LogP contribution >= 0.6 is 0 Å². The maximum Gasteiger partial charge on any atom is 0.127 e. The summed E-state index contributed by atoms with van der Waals surface area (Å²) < 4.78 is 0. The second kappa shape index (κ2) is 5.39. The Hall–Kier alpha value is -1.25. The van der Waals surface area contributed by atoms with Crippen LogP contribution in [-0.4, -0.2) is 11.5 Å². The first kappa shape index (κ1) is 12.2. The quantitative estimate of drug-likeness (QED) is 0.843. The number of nitrogens with two attached hydrogens (primary N) is 1. The van der Waals surface area contributed by atoms with Crippen LogP contribution in [0.25, 0.3) is 0 Å². The van der Waals surface area contributed by atoms with Crippen molar-refractivity contribution in [2.24, 2.45) is 11.8 Å². The van der Waals surface area contributed by atoms with Crippen molar-refractivity contribution in [1.29, 1.82) is 0 Å². The van der Waals surface area contributed by atoms with Crippen LogP contribution in [0.4, 0.5) is 11.5 Å². The zero-order valence-corrected chi connectivity index (χ0v) is 10.9. The fraction of sp³-hybridized carbons (Fsp3) is 0.643. The maximum atomic E-state index is 5.87. The van der Waals surface area contributed by atoms with E-state index in [4.69, 9.17) is 5.73 Å². The number of nitrogens with zero attached hydrogens (tertiary/aromatic N) is 1. The molecule has 0 atom stereocenters. The molecular weight excluding hydrogens is 210 g/mol. The average Bonchev–Trinajstić information content (AvgIpc) is 2.33. The van der Waals surface area contributed by atoms with Gasteiger partial charge in [0, 0.05) is 24.5 Å². The summed E-state index contributed by atoms with van der Waals surface area (Å²) in [7, 11) is 0. The zero-order valence-electron chi connectivity index (χ0n) is 10.9. The van der Waals surface area contributed by atoms with Crippen LogP contribution in [0.1, 0.15) is 38.2 Å². The molecule has 1 fully saturated rings. The molecule has 3 heteroatoms. The van der Waals surface area contributed by atoms with Crippen LogP contribution in [0.3, 0.4) is 0 Å². The van der Waals surface area contributed by atoms with E-state index in [0.717, 1.165) is 35.4 Å². The summed E-state index contributed by atoms with van der Waals surface area (Å²) in [5.74, 6) is 2.63. The van der Waals surface area contributed by atoms with Crippen molar-refractivity contribution in [2.45, 2.75) is 39.5 Å². The Balaban J connectivity index is 1.83. The van der Waals surface area contributed by atoms with Crippen molar-refractivity contribution < 1.29 is 0 Å². The normalized spacial score (nSPS) is 24.6. The molecule has 0 spiro atoms. The van der Waals surface area contributed by atoms with Gasteiger partial charge >= 0.3 is 0 Å². The summed E-state index contributed by atoms with van der Waals surface area (Å²) >= 11 is 0. The van der Waals surface area contributed by atoms with E-state index in [1.165, 1.54) is 25.7 Å². The van der Waals surface area contributed by atoms with Gasteiger partial charge < -0.3 is 11.1 Å². The fourth-order valence-electron chi connectivity index (χ4n) is 2.42. The van der Waals surface area contributed by atoms with Crippen LogP contribution in [-0.2, 0) is 0 Å². The molecule has 0 aliphatic heterocycles. The van der Waals surface area contributed by atoms with E-state index in [9.17, 15) is 0 Å². The van der Waals surface area contributed by atoms with Crippen LogP contribution in [0.15, 0.2) is 12.3 Å². The Morgan fingerprint density at radius 3 is 2.71 bits per heavy atom. The van der Waals surface area contributed by atoms with Crippen LogP contribution in [0, 0.1) is 18.8 Å². The molecule has 0 aromatic carbocycles. The molecule has 0 amide bonds. The first-order chi connectivity index (χ1) is 8.15. The molecule has 0 saturated heterocycles. The average molecular weight is 233 g/mol. The van der Waals surface area contributed by atoms with Gasteiger partial charge in [-0.15, -0.1) is 0 Å². The van der Waals surface area contributed by atoms with E-state index < -0.39 is 0 Å². The highest BCUT2D eigenvalue weighted by Gasteiger charge is 2.17. The highest BCUT2D eigenvalue weighted by Crippen LogP contribution is 2.28. The minimum absolute atomic E-state index is 0.801. The Labute approximate surface area is 104 Å². The Morgan fingerprint density at radius 1 is 1.35 bits per heavy atom. The molecule has 0 unspecified atom stereocenters. The minimum atomic E-state index is 0.801. The van der Waals surface area contributed by atoms with Crippen molar-refractivity contribution in [1.82, 2.24) is 4.98 Å². The van der Waals surface area contributed by atoms with Gasteiger partial charge in [0.2, 0.25) is 0 Å². The minimum Gasteiger partial charge on any atom is -0.398 e. The van der Waals surface area contributed by atoms with Gasteiger partial charge in [-0.25, -0.2) is 4.98 Å². The highest BCUT2D eigenvalue weighted by molar-refractivity contribution is 5.53. The number of aromatic nitrogens is 1. The lowest BCUT2D eigenvalue weighted by atomic mass is 9.83. The summed E-state index contributed by atoms with van der Waals surface area (Å²) in [6.45, 7) is 5.36. The highest BCUT2D eigenvalue weighted by atomic mass is 15.0. The topological polar surface area (TPSA) is 50.9 Å². The summed E-state index contributed by atoms with van der Waals surface area (Å²) in [6, 6.07) is 1.93. The molecule has 2 rings (SSSR count). The molecule has 17 heavy (non-hydrogen) atoms. The Morgan fingerprint density at radius 2 is 2.06 bits per heavy atom. The molecule has 1 aromatic heterocycles. The first-order valence-electron chi connectivity index (χ1n) is 6.61.